The van der Waals surface area contributed by atoms with E-state index < -0.39 is 97.5 Å². The molecule has 0 spiro atoms. The van der Waals surface area contributed by atoms with E-state index in [9.17, 15) is 43.2 Å². The summed E-state index contributed by atoms with van der Waals surface area (Å²) in [7, 11) is -9.93. The van der Waals surface area contributed by atoms with Crippen LogP contribution in [0.25, 0.3) is 0 Å². The van der Waals surface area contributed by atoms with Crippen LogP contribution < -0.4 is 0 Å². The monoisotopic (exact) mass is 1490 g/mol. The summed E-state index contributed by atoms with van der Waals surface area (Å²) in [5.74, 6) is -2.12. The van der Waals surface area contributed by atoms with Crippen LogP contribution in [0.3, 0.4) is 0 Å². The van der Waals surface area contributed by atoms with E-state index in [4.69, 9.17) is 37.0 Å². The van der Waals surface area contributed by atoms with Crippen molar-refractivity contribution in [2.75, 3.05) is 39.6 Å². The van der Waals surface area contributed by atoms with Crippen molar-refractivity contribution in [2.24, 2.45) is 0 Å². The van der Waals surface area contributed by atoms with Crippen molar-refractivity contribution in [1.29, 1.82) is 0 Å². The lowest BCUT2D eigenvalue weighted by atomic mass is 10.0. The van der Waals surface area contributed by atoms with Gasteiger partial charge in [-0.2, -0.15) is 0 Å². The molecule has 5 atom stereocenters. The lowest BCUT2D eigenvalue weighted by Crippen LogP contribution is -2.30. The Kier molecular flexibility index (Phi) is 75.3. The fourth-order valence-electron chi connectivity index (χ4n) is 12.7. The third-order valence-corrected chi connectivity index (χ3v) is 21.2. The number of unbranched alkanes of at least 4 members (excludes halogenated alkanes) is 55. The number of carbonyl (C=O) groups is 4. The summed E-state index contributed by atoms with van der Waals surface area (Å²) >= 11 is 0. The van der Waals surface area contributed by atoms with Gasteiger partial charge in [0, 0.05) is 25.7 Å². The maximum absolute atomic E-state index is 13.1. The highest BCUT2D eigenvalue weighted by molar-refractivity contribution is 7.47. The molecule has 0 bridgehead atoms. The number of esters is 4. The quantitative estimate of drug-likeness (QED) is 0.0169. The lowest BCUT2D eigenvalue weighted by molar-refractivity contribution is -0.161. The van der Waals surface area contributed by atoms with E-state index in [1.54, 1.807) is 0 Å². The zero-order valence-corrected chi connectivity index (χ0v) is 68.1. The average Bonchev–Trinajstić information content (AvgIpc) is 0.949. The van der Waals surface area contributed by atoms with Crippen molar-refractivity contribution in [3.63, 3.8) is 0 Å². The molecule has 0 aliphatic heterocycles. The van der Waals surface area contributed by atoms with Gasteiger partial charge in [-0.25, -0.2) is 9.13 Å². The van der Waals surface area contributed by atoms with Gasteiger partial charge in [0.15, 0.2) is 12.2 Å². The third kappa shape index (κ3) is 76.0. The van der Waals surface area contributed by atoms with E-state index in [0.29, 0.717) is 25.7 Å². The second-order valence-corrected chi connectivity index (χ2v) is 32.4. The van der Waals surface area contributed by atoms with Crippen LogP contribution in [-0.2, 0) is 65.4 Å². The van der Waals surface area contributed by atoms with Gasteiger partial charge in [-0.05, 0) is 51.4 Å². The summed E-state index contributed by atoms with van der Waals surface area (Å²) < 4.78 is 68.8. The van der Waals surface area contributed by atoms with Gasteiger partial charge in [0.2, 0.25) is 0 Å². The Morgan fingerprint density at radius 2 is 0.451 bits per heavy atom. The van der Waals surface area contributed by atoms with Gasteiger partial charge in [-0.3, -0.25) is 37.3 Å². The molecule has 0 saturated heterocycles. The molecule has 19 heteroatoms. The first-order valence-electron chi connectivity index (χ1n) is 42.9. The second kappa shape index (κ2) is 77.0. The minimum absolute atomic E-state index is 0.105. The molecule has 0 rings (SSSR count). The van der Waals surface area contributed by atoms with Gasteiger partial charge in [-0.15, -0.1) is 0 Å². The smallest absolute Gasteiger partial charge is 0.462 e. The molecule has 0 fully saturated rings. The predicted octanol–water partition coefficient (Wildman–Crippen LogP) is 25.1. The summed E-state index contributed by atoms with van der Waals surface area (Å²) in [6.07, 6.45) is 71.7. The number of hydrogen-bond donors (Lipinski definition) is 3. The topological polar surface area (TPSA) is 237 Å². The van der Waals surface area contributed by atoms with Gasteiger partial charge >= 0.3 is 39.5 Å². The molecule has 0 aromatic rings. The van der Waals surface area contributed by atoms with Gasteiger partial charge in [0.25, 0.3) is 0 Å². The molecule has 3 N–H and O–H groups in total. The Balaban J connectivity index is 5.27. The molecule has 0 amide bonds. The normalized spacial score (nSPS) is 13.8. The van der Waals surface area contributed by atoms with Crippen molar-refractivity contribution in [1.82, 2.24) is 0 Å². The first-order chi connectivity index (χ1) is 49.7. The van der Waals surface area contributed by atoms with E-state index in [-0.39, 0.29) is 25.7 Å². The highest BCUT2D eigenvalue weighted by atomic mass is 31.2. The van der Waals surface area contributed by atoms with E-state index >= 15 is 0 Å². The van der Waals surface area contributed by atoms with Crippen LogP contribution in [0, 0.1) is 0 Å². The summed E-state index contributed by atoms with van der Waals surface area (Å²) in [6, 6.07) is 0. The van der Waals surface area contributed by atoms with E-state index in [0.717, 1.165) is 109 Å². The number of phosphoric acid groups is 2. The van der Waals surface area contributed by atoms with Crippen LogP contribution in [0.5, 0.6) is 0 Å². The molecule has 0 saturated carbocycles. The minimum atomic E-state index is -4.97. The first kappa shape index (κ1) is 99.8. The zero-order valence-electron chi connectivity index (χ0n) is 66.3. The predicted molar refractivity (Wildman–Crippen MR) is 418 cm³/mol. The van der Waals surface area contributed by atoms with Crippen molar-refractivity contribution < 1.29 is 80.2 Å². The highest BCUT2D eigenvalue weighted by Gasteiger charge is 2.30. The molecular weight excluding hydrogens is 1330 g/mol. The number of carbonyl (C=O) groups excluding carboxylic acids is 4. The van der Waals surface area contributed by atoms with Crippen LogP contribution >= 0.6 is 15.6 Å². The van der Waals surface area contributed by atoms with Crippen molar-refractivity contribution >= 4 is 39.5 Å². The molecule has 0 radical (unpaired) electrons. The average molecular weight is 1490 g/mol. The van der Waals surface area contributed by atoms with Crippen LogP contribution in [0.1, 0.15) is 439 Å². The van der Waals surface area contributed by atoms with Crippen molar-refractivity contribution in [3.8, 4) is 0 Å². The Hall–Kier alpha value is -2.20. The maximum atomic E-state index is 13.1. The van der Waals surface area contributed by atoms with Crippen molar-refractivity contribution in [3.05, 3.63) is 12.2 Å². The van der Waals surface area contributed by atoms with Crippen LogP contribution in [-0.4, -0.2) is 96.7 Å². The van der Waals surface area contributed by atoms with Gasteiger partial charge in [0.05, 0.1) is 26.4 Å². The molecule has 17 nitrogen and oxygen atoms in total. The van der Waals surface area contributed by atoms with E-state index in [2.05, 4.69) is 39.8 Å². The SMILES string of the molecule is CCCCCCCC/C=C\CCCCCCCC(=O)OC[C@H](COP(=O)(O)OC[C@@H](O)COP(=O)(O)OC[C@@H](COC(=O)CCCCCCCCCCCCCCCCCCC)OC(=O)CCCCCCCCCCCCCCC)OC(=O)CCCCCCCCCCCCCCCCCCC. The van der Waals surface area contributed by atoms with Gasteiger partial charge in [0.1, 0.15) is 19.3 Å². The number of rotatable bonds is 83. The number of hydrogen-bond acceptors (Lipinski definition) is 15. The maximum Gasteiger partial charge on any atom is 0.472 e. The molecule has 604 valence electrons. The molecule has 0 aromatic heterocycles. The number of allylic oxidation sites excluding steroid dienone is 2. The number of phosphoric ester groups is 2. The highest BCUT2D eigenvalue weighted by Crippen LogP contribution is 2.45. The fraction of sp³-hybridized carbons (Fsp3) is 0.928. The molecule has 102 heavy (non-hydrogen) atoms. The fourth-order valence-corrected chi connectivity index (χ4v) is 14.3. The van der Waals surface area contributed by atoms with Crippen LogP contribution in [0.15, 0.2) is 12.2 Å². The standard InChI is InChI=1S/C83H160O17P2/c1-5-9-13-17-21-25-29-33-36-38-41-45-48-52-56-60-64-68-81(86)94-73-78(99-82(87)69-65-61-57-53-49-43-32-28-24-20-16-12-8-4)75-97-101(89,90)95-71-77(84)72-96-102(91,92)98-76-79(74-93-80(85)67-63-59-55-51-47-44-40-35-31-27-23-19-15-11-7-3)100-83(88)70-66-62-58-54-50-46-42-39-37-34-30-26-22-18-14-10-6-2/h35,40,77-79,84H,5-34,36-39,41-76H2,1-4H3,(H,89,90)(H,91,92)/b40-35-/t77-,78+,79+/m0/s1. The Morgan fingerprint density at radius 1 is 0.265 bits per heavy atom. The number of aliphatic hydroxyl groups excluding tert-OH is 1. The Labute approximate surface area is 625 Å². The Morgan fingerprint density at radius 3 is 0.676 bits per heavy atom. The van der Waals surface area contributed by atoms with E-state index in [1.165, 1.54) is 250 Å². The molecule has 2 unspecified atom stereocenters. The summed E-state index contributed by atoms with van der Waals surface area (Å²) in [5, 5.41) is 10.7. The zero-order chi connectivity index (χ0) is 74.6. The molecule has 0 aromatic carbocycles. The number of ether oxygens (including phenoxy) is 4. The minimum Gasteiger partial charge on any atom is -0.462 e. The molecular formula is C83H160O17P2. The Bertz CT molecular complexity index is 1980. The van der Waals surface area contributed by atoms with Crippen LogP contribution in [0.2, 0.25) is 0 Å². The molecule has 0 aliphatic carbocycles. The van der Waals surface area contributed by atoms with Crippen molar-refractivity contribution in [2.45, 2.75) is 457 Å². The molecule has 0 heterocycles. The second-order valence-electron chi connectivity index (χ2n) is 29.5. The van der Waals surface area contributed by atoms with Gasteiger partial charge in [-0.1, -0.05) is 374 Å². The molecule has 0 aliphatic rings. The van der Waals surface area contributed by atoms with E-state index in [1.807, 2.05) is 0 Å². The van der Waals surface area contributed by atoms with Gasteiger partial charge < -0.3 is 33.8 Å². The summed E-state index contributed by atoms with van der Waals surface area (Å²) in [5.41, 5.74) is 0. The largest absolute Gasteiger partial charge is 0.472 e. The summed E-state index contributed by atoms with van der Waals surface area (Å²) in [6.45, 7) is 5.02. The third-order valence-electron chi connectivity index (χ3n) is 19.3. The van der Waals surface area contributed by atoms with Crippen LogP contribution in [0.4, 0.5) is 0 Å². The number of aliphatic hydroxyl groups is 1. The lowest BCUT2D eigenvalue weighted by Gasteiger charge is -2.21. The first-order valence-corrected chi connectivity index (χ1v) is 45.9. The summed E-state index contributed by atoms with van der Waals surface area (Å²) in [4.78, 5) is 73.1.